The van der Waals surface area contributed by atoms with E-state index in [2.05, 4.69) is 9.73 Å². The van der Waals surface area contributed by atoms with Crippen LogP contribution in [0, 0.1) is 0 Å². The first-order valence-electron chi connectivity index (χ1n) is 6.33. The molecule has 0 spiro atoms. The van der Waals surface area contributed by atoms with Crippen LogP contribution in [0.15, 0.2) is 35.3 Å². The van der Waals surface area contributed by atoms with Crippen LogP contribution in [0.4, 0.5) is 0 Å². The standard InChI is InChI=1S/C15H15NO4S/c1-10(17)20-12-6-3-11(4-7-12)5-8-14-16-13(9-21-14)15(18)19-2/h3-8,13H,9H2,1-2H3/b8-5+/t13-/m1/s1. The van der Waals surface area contributed by atoms with Crippen LogP contribution >= 0.6 is 11.8 Å². The molecule has 1 aliphatic rings. The minimum atomic E-state index is -0.411. The maximum Gasteiger partial charge on any atom is 0.331 e. The molecule has 1 aliphatic heterocycles. The molecule has 0 radical (unpaired) electrons. The van der Waals surface area contributed by atoms with Crippen molar-refractivity contribution in [3.05, 3.63) is 35.9 Å². The SMILES string of the molecule is COC(=O)[C@H]1CSC(/C=C/c2ccc(OC(C)=O)cc2)=N1. The second-order valence-corrected chi connectivity index (χ2v) is 5.35. The number of rotatable bonds is 4. The Labute approximate surface area is 127 Å². The summed E-state index contributed by atoms with van der Waals surface area (Å²) in [7, 11) is 1.36. The first kappa shape index (κ1) is 15.3. The van der Waals surface area contributed by atoms with Gasteiger partial charge in [0, 0.05) is 12.7 Å². The Morgan fingerprint density at radius 3 is 2.62 bits per heavy atom. The molecule has 0 saturated carbocycles. The lowest BCUT2D eigenvalue weighted by Crippen LogP contribution is -2.19. The van der Waals surface area contributed by atoms with E-state index < -0.39 is 6.04 Å². The highest BCUT2D eigenvalue weighted by molar-refractivity contribution is 8.14. The van der Waals surface area contributed by atoms with Crippen molar-refractivity contribution in [3.63, 3.8) is 0 Å². The summed E-state index contributed by atoms with van der Waals surface area (Å²) in [6, 6.07) is 6.72. The van der Waals surface area contributed by atoms with Gasteiger partial charge in [-0.15, -0.1) is 11.8 Å². The highest BCUT2D eigenvalue weighted by atomic mass is 32.2. The van der Waals surface area contributed by atoms with E-state index >= 15 is 0 Å². The molecule has 1 aromatic carbocycles. The van der Waals surface area contributed by atoms with E-state index in [-0.39, 0.29) is 11.9 Å². The van der Waals surface area contributed by atoms with E-state index in [0.717, 1.165) is 10.6 Å². The van der Waals surface area contributed by atoms with Crippen LogP contribution in [0.25, 0.3) is 6.08 Å². The summed E-state index contributed by atoms with van der Waals surface area (Å²) in [5, 5.41) is 0.800. The van der Waals surface area contributed by atoms with Crippen molar-refractivity contribution in [2.45, 2.75) is 13.0 Å². The molecule has 21 heavy (non-hydrogen) atoms. The molecule has 0 fully saturated rings. The third-order valence-electron chi connectivity index (χ3n) is 2.71. The molecule has 1 heterocycles. The number of esters is 2. The average Bonchev–Trinajstić information content (AvgIpc) is 2.94. The molecule has 0 amide bonds. The van der Waals surface area contributed by atoms with Crippen molar-refractivity contribution in [3.8, 4) is 5.75 Å². The number of hydrogen-bond acceptors (Lipinski definition) is 6. The van der Waals surface area contributed by atoms with Gasteiger partial charge in [-0.25, -0.2) is 4.79 Å². The molecule has 0 N–H and O–H groups in total. The summed E-state index contributed by atoms with van der Waals surface area (Å²) in [5.41, 5.74) is 0.954. The Balaban J connectivity index is 1.98. The minimum absolute atomic E-state index is 0.309. The van der Waals surface area contributed by atoms with Crippen LogP contribution in [-0.4, -0.2) is 35.9 Å². The number of nitrogens with zero attached hydrogens (tertiary/aromatic N) is 1. The van der Waals surface area contributed by atoms with Gasteiger partial charge in [-0.2, -0.15) is 0 Å². The third-order valence-corrected chi connectivity index (χ3v) is 3.73. The Morgan fingerprint density at radius 2 is 2.00 bits per heavy atom. The maximum atomic E-state index is 11.4. The minimum Gasteiger partial charge on any atom is -0.467 e. The molecular weight excluding hydrogens is 290 g/mol. The van der Waals surface area contributed by atoms with Gasteiger partial charge in [-0.05, 0) is 23.8 Å². The second kappa shape index (κ2) is 7.08. The Morgan fingerprint density at radius 1 is 1.29 bits per heavy atom. The maximum absolute atomic E-state index is 11.4. The van der Waals surface area contributed by atoms with Gasteiger partial charge in [0.05, 0.1) is 12.2 Å². The van der Waals surface area contributed by atoms with Crippen LogP contribution in [0.3, 0.4) is 0 Å². The number of methoxy groups -OCH3 is 1. The first-order chi connectivity index (χ1) is 10.1. The van der Waals surface area contributed by atoms with Gasteiger partial charge in [-0.1, -0.05) is 18.2 Å². The molecule has 0 bridgehead atoms. The predicted octanol–water partition coefficient (Wildman–Crippen LogP) is 2.31. The summed E-state index contributed by atoms with van der Waals surface area (Å²) in [6.45, 7) is 1.36. The van der Waals surface area contributed by atoms with E-state index in [1.165, 1.54) is 25.8 Å². The fraction of sp³-hybridized carbons (Fsp3) is 0.267. The van der Waals surface area contributed by atoms with Crippen molar-refractivity contribution in [1.82, 2.24) is 0 Å². The number of ether oxygens (including phenoxy) is 2. The summed E-state index contributed by atoms with van der Waals surface area (Å²) in [4.78, 5) is 26.4. The lowest BCUT2D eigenvalue weighted by atomic mass is 10.2. The van der Waals surface area contributed by atoms with Crippen LogP contribution in [0.1, 0.15) is 12.5 Å². The Bertz CT molecular complexity index is 592. The topological polar surface area (TPSA) is 65.0 Å². The van der Waals surface area contributed by atoms with Crippen molar-refractivity contribution in [2.75, 3.05) is 12.9 Å². The van der Waals surface area contributed by atoms with Gasteiger partial charge < -0.3 is 9.47 Å². The molecule has 2 rings (SSSR count). The third kappa shape index (κ3) is 4.46. The summed E-state index contributed by atoms with van der Waals surface area (Å²) >= 11 is 1.52. The van der Waals surface area contributed by atoms with E-state index in [4.69, 9.17) is 4.74 Å². The number of carbonyl (C=O) groups excluding carboxylic acids is 2. The number of hydrogen-bond donors (Lipinski definition) is 0. The van der Waals surface area contributed by atoms with Gasteiger partial charge in [0.15, 0.2) is 6.04 Å². The van der Waals surface area contributed by atoms with Gasteiger partial charge in [-0.3, -0.25) is 9.79 Å². The largest absolute Gasteiger partial charge is 0.467 e. The molecule has 0 aliphatic carbocycles. The molecule has 1 atom stereocenters. The zero-order chi connectivity index (χ0) is 15.2. The molecule has 5 nitrogen and oxygen atoms in total. The fourth-order valence-electron chi connectivity index (χ4n) is 1.72. The molecule has 0 saturated heterocycles. The lowest BCUT2D eigenvalue weighted by molar-refractivity contribution is -0.141. The Hall–Kier alpha value is -2.08. The van der Waals surface area contributed by atoms with Crippen molar-refractivity contribution in [2.24, 2.45) is 4.99 Å². The quantitative estimate of drug-likeness (QED) is 0.631. The number of thioether (sulfide) groups is 1. The normalized spacial score (nSPS) is 17.6. The van der Waals surface area contributed by atoms with Gasteiger partial charge in [0.1, 0.15) is 5.75 Å². The molecule has 6 heteroatoms. The average molecular weight is 305 g/mol. The predicted molar refractivity (Wildman–Crippen MR) is 82.5 cm³/mol. The number of benzene rings is 1. The Kier molecular flexibility index (Phi) is 5.16. The number of aliphatic imine (C=N–C) groups is 1. The zero-order valence-electron chi connectivity index (χ0n) is 11.7. The summed E-state index contributed by atoms with van der Waals surface area (Å²) in [6.07, 6.45) is 3.75. The van der Waals surface area contributed by atoms with E-state index in [0.29, 0.717) is 11.5 Å². The van der Waals surface area contributed by atoms with Crippen LogP contribution in [0.5, 0.6) is 5.75 Å². The van der Waals surface area contributed by atoms with Crippen LogP contribution < -0.4 is 4.74 Å². The molecule has 0 aromatic heterocycles. The van der Waals surface area contributed by atoms with Crippen LogP contribution in [0.2, 0.25) is 0 Å². The summed E-state index contributed by atoms with van der Waals surface area (Å²) < 4.78 is 9.62. The highest BCUT2D eigenvalue weighted by Crippen LogP contribution is 2.21. The van der Waals surface area contributed by atoms with E-state index in [9.17, 15) is 9.59 Å². The van der Waals surface area contributed by atoms with Crippen molar-refractivity contribution >= 4 is 34.8 Å². The van der Waals surface area contributed by atoms with Gasteiger partial charge in [0.25, 0.3) is 0 Å². The monoisotopic (exact) mass is 305 g/mol. The second-order valence-electron chi connectivity index (χ2n) is 4.31. The molecule has 110 valence electrons. The molecule has 0 unspecified atom stereocenters. The first-order valence-corrected chi connectivity index (χ1v) is 7.32. The molecular formula is C15H15NO4S. The van der Waals surface area contributed by atoms with Crippen molar-refractivity contribution < 1.29 is 19.1 Å². The van der Waals surface area contributed by atoms with Gasteiger partial charge in [0.2, 0.25) is 0 Å². The van der Waals surface area contributed by atoms with Crippen LogP contribution in [-0.2, 0) is 14.3 Å². The fourth-order valence-corrected chi connectivity index (χ4v) is 2.63. The van der Waals surface area contributed by atoms with Gasteiger partial charge >= 0.3 is 11.9 Å². The van der Waals surface area contributed by atoms with Crippen molar-refractivity contribution in [1.29, 1.82) is 0 Å². The zero-order valence-corrected chi connectivity index (χ0v) is 12.6. The molecule has 1 aromatic rings. The number of carbonyl (C=O) groups is 2. The smallest absolute Gasteiger partial charge is 0.331 e. The van der Waals surface area contributed by atoms with E-state index in [1.807, 2.05) is 24.3 Å². The highest BCUT2D eigenvalue weighted by Gasteiger charge is 2.24. The lowest BCUT2D eigenvalue weighted by Gasteiger charge is -2.00. The summed E-state index contributed by atoms with van der Waals surface area (Å²) in [5.74, 6) is 0.469. The van der Waals surface area contributed by atoms with E-state index in [1.54, 1.807) is 12.1 Å².